The van der Waals surface area contributed by atoms with Crippen molar-refractivity contribution in [3.8, 4) is 11.8 Å². The number of halogens is 1. The Hall–Kier alpha value is -1.60. The fourth-order valence-corrected chi connectivity index (χ4v) is 1.24. The molecule has 0 saturated heterocycles. The number of hydrogen-bond donors (Lipinski definition) is 1. The van der Waals surface area contributed by atoms with Gasteiger partial charge in [0.2, 0.25) is 0 Å². The van der Waals surface area contributed by atoms with Crippen molar-refractivity contribution in [1.82, 2.24) is 5.32 Å². The van der Waals surface area contributed by atoms with Gasteiger partial charge in [-0.1, -0.05) is 0 Å². The Balaban J connectivity index is 2.81. The van der Waals surface area contributed by atoms with Gasteiger partial charge in [-0.3, -0.25) is 0 Å². The minimum Gasteiger partial charge on any atom is -0.488 e. The lowest BCUT2D eigenvalue weighted by Gasteiger charge is -2.14. The zero-order valence-electron chi connectivity index (χ0n) is 8.75. The van der Waals surface area contributed by atoms with Gasteiger partial charge >= 0.3 is 0 Å². The van der Waals surface area contributed by atoms with Gasteiger partial charge in [0, 0.05) is 6.54 Å². The van der Waals surface area contributed by atoms with Gasteiger partial charge < -0.3 is 10.1 Å². The van der Waals surface area contributed by atoms with E-state index in [9.17, 15) is 4.39 Å². The molecule has 0 radical (unpaired) electrons. The largest absolute Gasteiger partial charge is 0.488 e. The number of hydrogen-bond acceptors (Lipinski definition) is 3. The quantitative estimate of drug-likeness (QED) is 0.818. The molecule has 0 aliphatic rings. The highest BCUT2D eigenvalue weighted by Gasteiger charge is 2.08. The van der Waals surface area contributed by atoms with Crippen LogP contribution in [-0.2, 0) is 0 Å². The molecule has 1 N–H and O–H groups in total. The molecule has 0 aliphatic carbocycles. The van der Waals surface area contributed by atoms with Crippen LogP contribution in [0.25, 0.3) is 0 Å². The molecule has 0 amide bonds. The highest BCUT2D eigenvalue weighted by atomic mass is 19.1. The maximum absolute atomic E-state index is 12.8. The van der Waals surface area contributed by atoms with E-state index in [4.69, 9.17) is 10.00 Å². The Morgan fingerprint density at radius 1 is 1.60 bits per heavy atom. The summed E-state index contributed by atoms with van der Waals surface area (Å²) in [6.07, 6.45) is -0.0624. The van der Waals surface area contributed by atoms with Crippen LogP contribution in [0.4, 0.5) is 4.39 Å². The topological polar surface area (TPSA) is 45.0 Å². The van der Waals surface area contributed by atoms with Gasteiger partial charge in [-0.05, 0) is 32.2 Å². The van der Waals surface area contributed by atoms with Crippen LogP contribution in [0.15, 0.2) is 18.2 Å². The average Bonchev–Trinajstić information content (AvgIpc) is 2.21. The Labute approximate surface area is 88.5 Å². The van der Waals surface area contributed by atoms with E-state index in [0.29, 0.717) is 12.3 Å². The van der Waals surface area contributed by atoms with Crippen molar-refractivity contribution >= 4 is 0 Å². The van der Waals surface area contributed by atoms with Gasteiger partial charge in [-0.15, -0.1) is 0 Å². The van der Waals surface area contributed by atoms with Crippen molar-refractivity contribution in [2.75, 3.05) is 13.6 Å². The lowest BCUT2D eigenvalue weighted by molar-refractivity contribution is 0.220. The van der Waals surface area contributed by atoms with Crippen LogP contribution in [0.3, 0.4) is 0 Å². The molecule has 0 bridgehead atoms. The van der Waals surface area contributed by atoms with Crippen LogP contribution in [0.2, 0.25) is 0 Å². The zero-order chi connectivity index (χ0) is 11.3. The molecule has 3 nitrogen and oxygen atoms in total. The third-order valence-corrected chi connectivity index (χ3v) is 1.88. The summed E-state index contributed by atoms with van der Waals surface area (Å²) >= 11 is 0. The number of benzene rings is 1. The van der Waals surface area contributed by atoms with E-state index in [-0.39, 0.29) is 11.7 Å². The number of nitriles is 1. The molecule has 1 unspecified atom stereocenters. The van der Waals surface area contributed by atoms with Crippen LogP contribution in [0.5, 0.6) is 5.75 Å². The predicted molar refractivity (Wildman–Crippen MR) is 55.1 cm³/mol. The van der Waals surface area contributed by atoms with Crippen LogP contribution >= 0.6 is 0 Å². The maximum Gasteiger partial charge on any atom is 0.137 e. The van der Waals surface area contributed by atoms with Gasteiger partial charge in [0.05, 0.1) is 5.56 Å². The van der Waals surface area contributed by atoms with E-state index in [1.54, 1.807) is 0 Å². The highest BCUT2D eigenvalue weighted by molar-refractivity contribution is 5.43. The molecule has 0 saturated carbocycles. The minimum absolute atomic E-state index is 0.0624. The van der Waals surface area contributed by atoms with E-state index in [1.807, 2.05) is 20.0 Å². The van der Waals surface area contributed by atoms with E-state index in [1.165, 1.54) is 18.2 Å². The smallest absolute Gasteiger partial charge is 0.137 e. The second-order valence-electron chi connectivity index (χ2n) is 3.24. The Morgan fingerprint density at radius 3 is 2.93 bits per heavy atom. The molecule has 0 spiro atoms. The lowest BCUT2D eigenvalue weighted by atomic mass is 10.2. The number of rotatable bonds is 4. The molecule has 0 aromatic heterocycles. The SMILES string of the molecule is CNCC(C)Oc1ccc(F)cc1C#N. The first-order chi connectivity index (χ1) is 7.17. The van der Waals surface area contributed by atoms with Gasteiger partial charge in [0.15, 0.2) is 0 Å². The molecule has 0 aliphatic heterocycles. The minimum atomic E-state index is -0.430. The van der Waals surface area contributed by atoms with Gasteiger partial charge in [0.1, 0.15) is 23.7 Å². The predicted octanol–water partition coefficient (Wildman–Crippen LogP) is 1.68. The maximum atomic E-state index is 12.8. The second-order valence-corrected chi connectivity index (χ2v) is 3.24. The van der Waals surface area contributed by atoms with Gasteiger partial charge in [-0.25, -0.2) is 4.39 Å². The molecular weight excluding hydrogens is 195 g/mol. The first-order valence-electron chi connectivity index (χ1n) is 4.68. The fourth-order valence-electron chi connectivity index (χ4n) is 1.24. The lowest BCUT2D eigenvalue weighted by Crippen LogP contribution is -2.26. The number of likely N-dealkylation sites (N-methyl/N-ethyl adjacent to an activating group) is 1. The van der Waals surface area contributed by atoms with Gasteiger partial charge in [0.25, 0.3) is 0 Å². The molecule has 0 heterocycles. The van der Waals surface area contributed by atoms with E-state index in [2.05, 4.69) is 5.32 Å². The molecule has 4 heteroatoms. The van der Waals surface area contributed by atoms with Crippen LogP contribution in [0, 0.1) is 17.1 Å². The fraction of sp³-hybridized carbons (Fsp3) is 0.364. The molecule has 1 atom stereocenters. The molecule has 1 aromatic rings. The van der Waals surface area contributed by atoms with Crippen molar-refractivity contribution in [2.24, 2.45) is 0 Å². The summed E-state index contributed by atoms with van der Waals surface area (Å²) in [7, 11) is 1.82. The molecule has 15 heavy (non-hydrogen) atoms. The van der Waals surface area contributed by atoms with Crippen LogP contribution < -0.4 is 10.1 Å². The third kappa shape index (κ3) is 3.22. The summed E-state index contributed by atoms with van der Waals surface area (Å²) in [6.45, 7) is 2.54. The van der Waals surface area contributed by atoms with E-state index in [0.717, 1.165) is 0 Å². The van der Waals surface area contributed by atoms with E-state index < -0.39 is 5.82 Å². The first-order valence-corrected chi connectivity index (χ1v) is 4.68. The summed E-state index contributed by atoms with van der Waals surface area (Å²) in [5.74, 6) is -0.0122. The van der Waals surface area contributed by atoms with Crippen molar-refractivity contribution in [3.63, 3.8) is 0 Å². The summed E-state index contributed by atoms with van der Waals surface area (Å²) < 4.78 is 18.3. The summed E-state index contributed by atoms with van der Waals surface area (Å²) in [5, 5.41) is 11.7. The number of nitrogens with one attached hydrogen (secondary N) is 1. The Morgan fingerprint density at radius 2 is 2.33 bits per heavy atom. The Bertz CT molecular complexity index is 373. The average molecular weight is 208 g/mol. The van der Waals surface area contributed by atoms with Crippen molar-refractivity contribution in [1.29, 1.82) is 5.26 Å². The summed E-state index contributed by atoms with van der Waals surface area (Å²) in [4.78, 5) is 0. The standard InChI is InChI=1S/C11H13FN2O/c1-8(7-14-2)15-11-4-3-10(12)5-9(11)6-13/h3-5,8,14H,7H2,1-2H3. The van der Waals surface area contributed by atoms with Crippen molar-refractivity contribution in [3.05, 3.63) is 29.6 Å². The molecular formula is C11H13FN2O. The summed E-state index contributed by atoms with van der Waals surface area (Å²) in [6, 6.07) is 5.82. The third-order valence-electron chi connectivity index (χ3n) is 1.88. The highest BCUT2D eigenvalue weighted by Crippen LogP contribution is 2.19. The number of nitrogens with zero attached hydrogens (tertiary/aromatic N) is 1. The molecule has 1 aromatic carbocycles. The number of ether oxygens (including phenoxy) is 1. The van der Waals surface area contributed by atoms with Crippen LogP contribution in [0.1, 0.15) is 12.5 Å². The Kier molecular flexibility index (Phi) is 4.07. The first kappa shape index (κ1) is 11.5. The normalized spacial score (nSPS) is 11.9. The molecule has 0 fully saturated rings. The molecule has 1 rings (SSSR count). The monoisotopic (exact) mass is 208 g/mol. The summed E-state index contributed by atoms with van der Waals surface area (Å²) in [5.41, 5.74) is 0.220. The van der Waals surface area contributed by atoms with Crippen LogP contribution in [-0.4, -0.2) is 19.7 Å². The van der Waals surface area contributed by atoms with Gasteiger partial charge in [-0.2, -0.15) is 5.26 Å². The zero-order valence-corrected chi connectivity index (χ0v) is 8.75. The molecule has 80 valence electrons. The van der Waals surface area contributed by atoms with Crippen molar-refractivity contribution < 1.29 is 9.13 Å². The second kappa shape index (κ2) is 5.32. The van der Waals surface area contributed by atoms with Crippen molar-refractivity contribution in [2.45, 2.75) is 13.0 Å². The van der Waals surface area contributed by atoms with E-state index >= 15 is 0 Å².